The summed E-state index contributed by atoms with van der Waals surface area (Å²) in [6.07, 6.45) is 0. The largest absolute Gasteiger partial charge is 0.332 e. The Bertz CT molecular complexity index is 194. The molecule has 1 atom stereocenters. The van der Waals surface area contributed by atoms with Gasteiger partial charge < -0.3 is 30.2 Å². The first-order valence-corrected chi connectivity index (χ1v) is 9.53. The van der Waals surface area contributed by atoms with Crippen LogP contribution in [0.15, 0.2) is 0 Å². The van der Waals surface area contributed by atoms with E-state index in [1.807, 2.05) is 20.8 Å². The van der Waals surface area contributed by atoms with Gasteiger partial charge in [0.25, 0.3) is 5.60 Å². The molecule has 0 heterocycles. The van der Waals surface area contributed by atoms with Crippen molar-refractivity contribution in [3.63, 3.8) is 0 Å². The minimum absolute atomic E-state index is 0.574. The van der Waals surface area contributed by atoms with Crippen LogP contribution in [0.2, 0.25) is 6.55 Å². The average molecular weight is 293 g/mol. The van der Waals surface area contributed by atoms with Gasteiger partial charge in [-0.2, -0.15) is 0 Å². The number of hydrogen-bond acceptors (Lipinski definition) is 6. The van der Waals surface area contributed by atoms with E-state index in [2.05, 4.69) is 16.8 Å². The van der Waals surface area contributed by atoms with E-state index in [4.69, 9.17) is 19.9 Å². The predicted molar refractivity (Wildman–Crippen MR) is 80.5 cm³/mol. The van der Waals surface area contributed by atoms with E-state index in [0.29, 0.717) is 26.4 Å². The molecular formula is C12H31N3O3Si. The van der Waals surface area contributed by atoms with Crippen LogP contribution >= 0.6 is 0 Å². The first-order valence-electron chi connectivity index (χ1n) is 7.22. The van der Waals surface area contributed by atoms with E-state index in [0.717, 1.165) is 19.6 Å². The summed E-state index contributed by atoms with van der Waals surface area (Å²) in [5, 5.41) is 3.25. The van der Waals surface area contributed by atoms with Crippen molar-refractivity contribution in [2.45, 2.75) is 32.9 Å². The maximum Gasteiger partial charge on any atom is 0.269 e. The molecule has 0 aromatic heterocycles. The van der Waals surface area contributed by atoms with Crippen LogP contribution in [0.5, 0.6) is 0 Å². The molecule has 0 aromatic carbocycles. The van der Waals surface area contributed by atoms with Gasteiger partial charge in [0, 0.05) is 46.0 Å². The van der Waals surface area contributed by atoms with Crippen LogP contribution in [-0.4, -0.2) is 60.6 Å². The van der Waals surface area contributed by atoms with Crippen LogP contribution in [0, 0.1) is 0 Å². The maximum absolute atomic E-state index is 5.76. The predicted octanol–water partition coefficient (Wildman–Crippen LogP) is -0.220. The molecule has 0 fully saturated rings. The third kappa shape index (κ3) is 7.36. The zero-order valence-electron chi connectivity index (χ0n) is 12.8. The van der Waals surface area contributed by atoms with Crippen LogP contribution in [0.1, 0.15) is 20.8 Å². The van der Waals surface area contributed by atoms with Gasteiger partial charge in [0.15, 0.2) is 0 Å². The van der Waals surface area contributed by atoms with Gasteiger partial charge in [-0.3, -0.25) is 0 Å². The fourth-order valence-corrected chi connectivity index (χ4v) is 3.91. The summed E-state index contributed by atoms with van der Waals surface area (Å²) in [5.74, 6) is 0. The first-order chi connectivity index (χ1) is 9.16. The third-order valence-electron chi connectivity index (χ3n) is 2.64. The number of hydrogen-bond donors (Lipinski definition) is 3. The molecule has 0 aromatic rings. The molecule has 19 heavy (non-hydrogen) atoms. The highest BCUT2D eigenvalue weighted by atomic mass is 28.3. The van der Waals surface area contributed by atoms with E-state index in [1.165, 1.54) is 0 Å². The quantitative estimate of drug-likeness (QED) is 0.248. The van der Waals surface area contributed by atoms with Crippen LogP contribution < -0.4 is 16.0 Å². The monoisotopic (exact) mass is 293 g/mol. The Hall–Kier alpha value is -0.0231. The molecular weight excluding hydrogens is 262 g/mol. The zero-order chi connectivity index (χ0) is 14.6. The third-order valence-corrected chi connectivity index (χ3v) is 5.10. The summed E-state index contributed by atoms with van der Waals surface area (Å²) in [6.45, 7) is 13.0. The Kier molecular flexibility index (Phi) is 11.8. The molecule has 0 spiro atoms. The lowest BCUT2D eigenvalue weighted by Crippen LogP contribution is -2.59. The van der Waals surface area contributed by atoms with Crippen molar-refractivity contribution in [3.05, 3.63) is 0 Å². The van der Waals surface area contributed by atoms with Crippen LogP contribution in [0.3, 0.4) is 0 Å². The minimum Gasteiger partial charge on any atom is -0.332 e. The Morgan fingerprint density at radius 3 is 1.89 bits per heavy atom. The lowest BCUT2D eigenvalue weighted by Gasteiger charge is -2.37. The lowest BCUT2D eigenvalue weighted by atomic mass is 10.6. The van der Waals surface area contributed by atoms with Gasteiger partial charge in [0.1, 0.15) is 0 Å². The highest BCUT2D eigenvalue weighted by Gasteiger charge is 2.40. The van der Waals surface area contributed by atoms with E-state index in [9.17, 15) is 0 Å². The van der Waals surface area contributed by atoms with E-state index >= 15 is 0 Å². The molecule has 0 aliphatic carbocycles. The second kappa shape index (κ2) is 11.8. The second-order valence-electron chi connectivity index (χ2n) is 4.12. The molecule has 0 aliphatic rings. The van der Waals surface area contributed by atoms with Gasteiger partial charge in [0.2, 0.25) is 8.96 Å². The zero-order valence-corrected chi connectivity index (χ0v) is 14.0. The molecule has 0 rings (SSSR count). The number of nitrogens with one attached hydrogen (secondary N) is 2. The van der Waals surface area contributed by atoms with Gasteiger partial charge in [0.05, 0.1) is 0 Å². The molecule has 0 radical (unpaired) electrons. The van der Waals surface area contributed by atoms with Crippen molar-refractivity contribution < 1.29 is 14.2 Å². The van der Waals surface area contributed by atoms with E-state index < -0.39 is 14.6 Å². The summed E-state index contributed by atoms with van der Waals surface area (Å²) in [6, 6.07) is 0. The number of ether oxygens (including phenoxy) is 3. The molecule has 0 saturated carbocycles. The molecule has 116 valence electrons. The lowest BCUT2D eigenvalue weighted by molar-refractivity contribution is -0.326. The van der Waals surface area contributed by atoms with E-state index in [-0.39, 0.29) is 0 Å². The second-order valence-corrected chi connectivity index (χ2v) is 6.68. The molecule has 0 amide bonds. The highest BCUT2D eigenvalue weighted by Crippen LogP contribution is 2.18. The maximum atomic E-state index is 5.76. The molecule has 0 aliphatic heterocycles. The normalized spacial score (nSPS) is 13.7. The Balaban J connectivity index is 4.30. The fourth-order valence-electron chi connectivity index (χ4n) is 1.83. The van der Waals surface area contributed by atoms with Crippen molar-refractivity contribution in [1.82, 2.24) is 10.3 Å². The van der Waals surface area contributed by atoms with Crippen LogP contribution in [0.25, 0.3) is 0 Å². The molecule has 6 nitrogen and oxygen atoms in total. The topological polar surface area (TPSA) is 77.8 Å². The Labute approximate surface area is 119 Å². The van der Waals surface area contributed by atoms with E-state index in [1.54, 1.807) is 0 Å². The van der Waals surface area contributed by atoms with Crippen molar-refractivity contribution in [2.24, 2.45) is 5.73 Å². The smallest absolute Gasteiger partial charge is 0.269 e. The molecule has 0 bridgehead atoms. The van der Waals surface area contributed by atoms with Crippen molar-refractivity contribution in [3.8, 4) is 0 Å². The Morgan fingerprint density at radius 2 is 1.47 bits per heavy atom. The van der Waals surface area contributed by atoms with Gasteiger partial charge in [-0.05, 0) is 20.8 Å². The highest BCUT2D eigenvalue weighted by molar-refractivity contribution is 6.56. The molecule has 7 heteroatoms. The Morgan fingerprint density at radius 1 is 0.947 bits per heavy atom. The van der Waals surface area contributed by atoms with Crippen LogP contribution in [0.4, 0.5) is 0 Å². The van der Waals surface area contributed by atoms with Gasteiger partial charge in [-0.15, -0.1) is 0 Å². The fraction of sp³-hybridized carbons (Fsp3) is 1.00. The summed E-state index contributed by atoms with van der Waals surface area (Å²) in [5.41, 5.74) is 4.56. The summed E-state index contributed by atoms with van der Waals surface area (Å²) in [7, 11) is -1.55. The van der Waals surface area contributed by atoms with Crippen molar-refractivity contribution in [1.29, 1.82) is 0 Å². The summed E-state index contributed by atoms with van der Waals surface area (Å²) < 4.78 is 17.3. The summed E-state index contributed by atoms with van der Waals surface area (Å²) >= 11 is 0. The molecule has 4 N–H and O–H groups in total. The first kappa shape index (κ1) is 19.0. The molecule has 0 saturated heterocycles. The number of rotatable bonds is 13. The average Bonchev–Trinajstić information content (AvgIpc) is 2.39. The summed E-state index contributed by atoms with van der Waals surface area (Å²) in [4.78, 5) is 3.50. The minimum atomic E-state index is -1.55. The van der Waals surface area contributed by atoms with Crippen LogP contribution in [-0.2, 0) is 14.2 Å². The SMILES string of the molecule is CCOC(OCC)(OCC)[SiH](C)NCCNCCN. The van der Waals surface area contributed by atoms with Crippen molar-refractivity contribution >= 4 is 8.96 Å². The number of nitrogens with two attached hydrogens (primary N) is 1. The molecule has 1 unspecified atom stereocenters. The standard InChI is InChI=1S/C12H31N3O3Si/c1-5-16-12(17-6-2,18-7-3)19(4)15-11-10-14-9-8-13/h14-15,19H,5-11,13H2,1-4H3. The van der Waals surface area contributed by atoms with Crippen molar-refractivity contribution in [2.75, 3.05) is 46.0 Å². The van der Waals surface area contributed by atoms with Gasteiger partial charge >= 0.3 is 0 Å². The van der Waals surface area contributed by atoms with Gasteiger partial charge in [-0.1, -0.05) is 6.55 Å². The van der Waals surface area contributed by atoms with Gasteiger partial charge in [-0.25, -0.2) is 0 Å².